The second-order valence-corrected chi connectivity index (χ2v) is 22.8. The minimum atomic E-state index is 0.00349. The van der Waals surface area contributed by atoms with Gasteiger partial charge in [-0.3, -0.25) is 0 Å². The van der Waals surface area contributed by atoms with Crippen LogP contribution in [0.4, 0.5) is 17.1 Å². The molecule has 0 spiro atoms. The van der Waals surface area contributed by atoms with E-state index in [0.717, 1.165) is 11.4 Å². The minimum Gasteiger partial charge on any atom is -0.310 e. The third kappa shape index (κ3) is 5.32. The molecule has 2 aliphatic rings. The van der Waals surface area contributed by atoms with Crippen molar-refractivity contribution in [2.24, 2.45) is 0 Å². The SMILES string of the molecule is CC(C)(C)c1ccc(N2c3cc(-n4c5ccccc5c5ccccc54)cc4c3B(c3sc5cc(C(C)(C)C)ccc5c32)c2cccc3c5c(ccc6c7ccccc7n(-c7ccccc7)c65)n-4c23)cc1. The Labute approximate surface area is 411 Å². The van der Waals surface area contributed by atoms with Crippen molar-refractivity contribution in [3.63, 3.8) is 0 Å². The molecule has 2 aliphatic heterocycles. The number of nitrogens with zero attached hydrogens (tertiary/aromatic N) is 4. The van der Waals surface area contributed by atoms with Crippen molar-refractivity contribution in [2.75, 3.05) is 4.90 Å². The molecule has 0 atom stereocenters. The number of hydrogen-bond donors (Lipinski definition) is 0. The molecular weight excluding hydrogens is 868 g/mol. The highest BCUT2D eigenvalue weighted by Gasteiger charge is 2.45. The molecule has 0 radical (unpaired) electrons. The smallest absolute Gasteiger partial charge is 0.264 e. The fourth-order valence-electron chi connectivity index (χ4n) is 12.5. The van der Waals surface area contributed by atoms with Gasteiger partial charge in [0.15, 0.2) is 0 Å². The van der Waals surface area contributed by atoms with E-state index in [1.807, 2.05) is 11.3 Å². The van der Waals surface area contributed by atoms with E-state index in [9.17, 15) is 0 Å². The summed E-state index contributed by atoms with van der Waals surface area (Å²) in [5.41, 5.74) is 20.0. The third-order valence-corrected chi connectivity index (χ3v) is 16.9. The largest absolute Gasteiger partial charge is 0.310 e. The van der Waals surface area contributed by atoms with Crippen molar-refractivity contribution in [1.82, 2.24) is 13.7 Å². The summed E-state index contributed by atoms with van der Waals surface area (Å²) in [6.07, 6.45) is 0. The molecule has 0 saturated carbocycles. The summed E-state index contributed by atoms with van der Waals surface area (Å²) >= 11 is 1.99. The fourth-order valence-corrected chi connectivity index (χ4v) is 13.8. The molecule has 0 unspecified atom stereocenters. The average Bonchev–Trinajstić information content (AvgIpc) is 4.12. The van der Waals surface area contributed by atoms with Gasteiger partial charge in [-0.1, -0.05) is 163 Å². The van der Waals surface area contributed by atoms with Gasteiger partial charge < -0.3 is 18.6 Å². The Morgan fingerprint density at radius 3 is 1.67 bits per heavy atom. The van der Waals surface area contributed by atoms with E-state index in [-0.39, 0.29) is 17.5 Å². The molecule has 4 aromatic heterocycles. The second kappa shape index (κ2) is 13.9. The van der Waals surface area contributed by atoms with Crippen LogP contribution in [0, 0.1) is 0 Å². The lowest BCUT2D eigenvalue weighted by atomic mass is 9.36. The summed E-state index contributed by atoms with van der Waals surface area (Å²) < 4.78 is 10.4. The molecule has 6 heteroatoms. The summed E-state index contributed by atoms with van der Waals surface area (Å²) in [5.74, 6) is 0. The summed E-state index contributed by atoms with van der Waals surface area (Å²) in [4.78, 5) is 2.63. The Bertz CT molecular complexity index is 4320. The van der Waals surface area contributed by atoms with Crippen LogP contribution in [0.2, 0.25) is 0 Å². The molecule has 6 heterocycles. The van der Waals surface area contributed by atoms with Crippen LogP contribution in [-0.2, 0) is 10.8 Å². The van der Waals surface area contributed by atoms with Gasteiger partial charge in [0.2, 0.25) is 0 Å². The number of rotatable bonds is 3. The third-order valence-electron chi connectivity index (χ3n) is 15.7. The molecule has 0 N–H and O–H groups in total. The van der Waals surface area contributed by atoms with Crippen molar-refractivity contribution in [3.8, 4) is 17.1 Å². The van der Waals surface area contributed by atoms with E-state index in [2.05, 4.69) is 248 Å². The molecule has 4 nitrogen and oxygen atoms in total. The zero-order valence-corrected chi connectivity index (χ0v) is 41.0. The zero-order chi connectivity index (χ0) is 46.9. The number of anilines is 3. The van der Waals surface area contributed by atoms with Gasteiger partial charge in [-0.25, -0.2) is 0 Å². The van der Waals surface area contributed by atoms with E-state index in [1.165, 1.54) is 125 Å². The highest BCUT2D eigenvalue weighted by atomic mass is 32.1. The highest BCUT2D eigenvalue weighted by molar-refractivity contribution is 7.33. The number of para-hydroxylation sites is 5. The van der Waals surface area contributed by atoms with Crippen molar-refractivity contribution < 1.29 is 0 Å². The Kier molecular flexibility index (Phi) is 7.98. The Balaban J connectivity index is 1.14. The first-order valence-electron chi connectivity index (χ1n) is 24.7. The van der Waals surface area contributed by atoms with Gasteiger partial charge >= 0.3 is 0 Å². The first-order chi connectivity index (χ1) is 34.0. The molecule has 0 saturated heterocycles. The number of hydrogen-bond acceptors (Lipinski definition) is 2. The van der Waals surface area contributed by atoms with Gasteiger partial charge in [0.05, 0.1) is 39.0 Å². The Morgan fingerprint density at radius 1 is 0.400 bits per heavy atom. The van der Waals surface area contributed by atoms with E-state index < -0.39 is 0 Å². The van der Waals surface area contributed by atoms with E-state index in [0.29, 0.717) is 0 Å². The van der Waals surface area contributed by atoms with Crippen molar-refractivity contribution in [1.29, 1.82) is 0 Å². The summed E-state index contributed by atoms with van der Waals surface area (Å²) in [7, 11) is 0. The Hall–Kier alpha value is -7.80. The van der Waals surface area contributed by atoms with Gasteiger partial charge in [0.1, 0.15) is 0 Å². The molecule has 0 bridgehead atoms. The van der Waals surface area contributed by atoms with Gasteiger partial charge in [0, 0.05) is 75.4 Å². The number of thiophene rings is 1. The topological polar surface area (TPSA) is 18.0 Å². The minimum absolute atomic E-state index is 0.00349. The fraction of sp³-hybridized carbons (Fsp3) is 0.125. The van der Waals surface area contributed by atoms with Gasteiger partial charge in [-0.15, -0.1) is 11.3 Å². The van der Waals surface area contributed by atoms with Crippen LogP contribution in [0.5, 0.6) is 0 Å². The summed E-state index contributed by atoms with van der Waals surface area (Å²) in [6.45, 7) is 13.9. The predicted molar refractivity (Wildman–Crippen MR) is 302 cm³/mol. The lowest BCUT2D eigenvalue weighted by Gasteiger charge is -2.39. The monoisotopic (exact) mass is 916 g/mol. The molecule has 13 aromatic rings. The van der Waals surface area contributed by atoms with Crippen molar-refractivity contribution in [2.45, 2.75) is 52.4 Å². The first-order valence-corrected chi connectivity index (χ1v) is 25.5. The number of aromatic nitrogens is 3. The zero-order valence-electron chi connectivity index (χ0n) is 40.2. The van der Waals surface area contributed by atoms with E-state index in [4.69, 9.17) is 0 Å². The number of benzene rings is 9. The van der Waals surface area contributed by atoms with Gasteiger partial charge in [0.25, 0.3) is 6.71 Å². The summed E-state index contributed by atoms with van der Waals surface area (Å²) in [6, 6.07) is 71.5. The lowest BCUT2D eigenvalue weighted by molar-refractivity contribution is 0.590. The van der Waals surface area contributed by atoms with Crippen molar-refractivity contribution >= 4 is 126 Å². The van der Waals surface area contributed by atoms with Crippen LogP contribution in [0.1, 0.15) is 52.7 Å². The average molecular weight is 917 g/mol. The van der Waals surface area contributed by atoms with Crippen LogP contribution >= 0.6 is 11.3 Å². The first kappa shape index (κ1) is 40.1. The standard InChI is InChI=1S/C64H49BN4S/c1-63(2,3)38-27-30-41(31-28-38)68-54-36-42(66-50-24-13-10-19-43(50)44-20-11-14-25-51(44)66)37-55-58(54)65(62-61(68)47-32-29-39(64(4,5)6)35-56(47)70-62)49-23-16-22-48-57-53(69(55)59(48)49)34-33-46-45-21-12-15-26-52(45)67(60(46)57)40-17-8-7-9-18-40/h7-37H,1-6H3. The highest BCUT2D eigenvalue weighted by Crippen LogP contribution is 2.49. The van der Waals surface area contributed by atoms with E-state index >= 15 is 0 Å². The molecule has 0 aliphatic carbocycles. The molecule has 9 aromatic carbocycles. The van der Waals surface area contributed by atoms with Crippen LogP contribution in [0.25, 0.3) is 92.6 Å². The van der Waals surface area contributed by atoms with E-state index in [1.54, 1.807) is 0 Å². The maximum atomic E-state index is 2.65. The maximum Gasteiger partial charge on any atom is 0.264 e. The summed E-state index contributed by atoms with van der Waals surface area (Å²) in [5, 5.41) is 8.91. The van der Waals surface area contributed by atoms with Gasteiger partial charge in [-0.05, 0) is 99.6 Å². The Morgan fingerprint density at radius 2 is 0.986 bits per heavy atom. The molecule has 15 rings (SSSR count). The molecule has 334 valence electrons. The molecule has 0 amide bonds. The van der Waals surface area contributed by atoms with Gasteiger partial charge in [-0.2, -0.15) is 0 Å². The normalized spacial score (nSPS) is 13.5. The quantitative estimate of drug-likeness (QED) is 0.162. The van der Waals surface area contributed by atoms with Crippen LogP contribution in [-0.4, -0.2) is 20.4 Å². The second-order valence-electron chi connectivity index (χ2n) is 21.7. The maximum absolute atomic E-state index is 2.65. The van der Waals surface area contributed by atoms with Crippen LogP contribution in [0.3, 0.4) is 0 Å². The molecule has 70 heavy (non-hydrogen) atoms. The van der Waals surface area contributed by atoms with Crippen LogP contribution in [0.15, 0.2) is 188 Å². The van der Waals surface area contributed by atoms with Crippen LogP contribution < -0.4 is 20.6 Å². The number of fused-ring (bicyclic) bond motifs is 16. The predicted octanol–water partition coefficient (Wildman–Crippen LogP) is 15.4. The molecular formula is C64H49BN4S. The molecule has 0 fully saturated rings. The van der Waals surface area contributed by atoms with Crippen molar-refractivity contribution in [3.05, 3.63) is 199 Å². The lowest BCUT2D eigenvalue weighted by Crippen LogP contribution is -2.59.